The van der Waals surface area contributed by atoms with Crippen molar-refractivity contribution in [3.05, 3.63) is 59.2 Å². The van der Waals surface area contributed by atoms with Gasteiger partial charge in [0.1, 0.15) is 0 Å². The highest BCUT2D eigenvalue weighted by Gasteiger charge is 2.20. The molecule has 0 amide bonds. The first kappa shape index (κ1) is 16.9. The van der Waals surface area contributed by atoms with Crippen LogP contribution in [0.1, 0.15) is 53.0 Å². The van der Waals surface area contributed by atoms with E-state index in [-0.39, 0.29) is 11.8 Å². The van der Waals surface area contributed by atoms with Gasteiger partial charge in [-0.05, 0) is 41.7 Å². The summed E-state index contributed by atoms with van der Waals surface area (Å²) in [5.41, 5.74) is 4.60. The van der Waals surface area contributed by atoms with Gasteiger partial charge in [-0.1, -0.05) is 44.2 Å². The summed E-state index contributed by atoms with van der Waals surface area (Å²) in [7, 11) is 1.37. The first-order valence-electron chi connectivity index (χ1n) is 8.04. The van der Waals surface area contributed by atoms with Crippen LogP contribution in [-0.2, 0) is 11.2 Å². The van der Waals surface area contributed by atoms with Crippen molar-refractivity contribution in [1.29, 1.82) is 0 Å². The predicted molar refractivity (Wildman–Crippen MR) is 91.8 cm³/mol. The minimum atomic E-state index is -0.341. The summed E-state index contributed by atoms with van der Waals surface area (Å²) < 4.78 is 4.70. The second kappa shape index (κ2) is 7.73. The molecule has 0 bridgehead atoms. The van der Waals surface area contributed by atoms with Crippen molar-refractivity contribution in [2.45, 2.75) is 33.1 Å². The van der Waals surface area contributed by atoms with Gasteiger partial charge >= 0.3 is 5.97 Å². The van der Waals surface area contributed by atoms with Gasteiger partial charge in [0.25, 0.3) is 0 Å². The molecule has 3 heteroatoms. The number of ketones is 1. The molecule has 0 fully saturated rings. The zero-order valence-corrected chi connectivity index (χ0v) is 13.9. The molecule has 3 rings (SSSR count). The number of ether oxygens (including phenoxy) is 1. The minimum Gasteiger partial charge on any atom is -0.465 e. The van der Waals surface area contributed by atoms with Gasteiger partial charge in [-0.15, -0.1) is 0 Å². The lowest BCUT2D eigenvalue weighted by molar-refractivity contribution is 0.0600. The maximum absolute atomic E-state index is 12.0. The maximum atomic E-state index is 12.0. The van der Waals surface area contributed by atoms with Gasteiger partial charge in [-0.25, -0.2) is 4.79 Å². The smallest absolute Gasteiger partial charge is 0.337 e. The average Bonchev–Trinajstić information content (AvgIpc) is 2.63. The summed E-state index contributed by atoms with van der Waals surface area (Å²) in [6.07, 6.45) is 2.47. The molecule has 23 heavy (non-hydrogen) atoms. The number of Topliss-reactive ketones (excluding diaryl/α,β-unsaturated/α-hetero) is 1. The van der Waals surface area contributed by atoms with Gasteiger partial charge in [-0.2, -0.15) is 0 Å². The number of rotatable bonds is 2. The van der Waals surface area contributed by atoms with Crippen molar-refractivity contribution in [3.8, 4) is 11.1 Å². The number of carbonyl (C=O) groups excluding carboxylic acids is 2. The second-order valence-electron chi connectivity index (χ2n) is 5.18. The molecule has 0 N–H and O–H groups in total. The van der Waals surface area contributed by atoms with Crippen LogP contribution in [0.25, 0.3) is 11.1 Å². The van der Waals surface area contributed by atoms with Gasteiger partial charge in [0.2, 0.25) is 0 Å². The van der Waals surface area contributed by atoms with E-state index in [9.17, 15) is 9.59 Å². The van der Waals surface area contributed by atoms with E-state index in [0.29, 0.717) is 12.0 Å². The van der Waals surface area contributed by atoms with Crippen LogP contribution in [0.2, 0.25) is 0 Å². The first-order valence-corrected chi connectivity index (χ1v) is 8.04. The number of hydrogen-bond donors (Lipinski definition) is 0. The quantitative estimate of drug-likeness (QED) is 0.756. The lowest BCUT2D eigenvalue weighted by Crippen LogP contribution is -2.11. The fraction of sp³-hybridized carbons (Fsp3) is 0.300. The Morgan fingerprint density at radius 3 is 2.26 bits per heavy atom. The molecular formula is C20H22O3. The van der Waals surface area contributed by atoms with Gasteiger partial charge in [0, 0.05) is 12.0 Å². The van der Waals surface area contributed by atoms with Crippen molar-refractivity contribution in [1.82, 2.24) is 0 Å². The van der Waals surface area contributed by atoms with E-state index in [1.807, 2.05) is 44.2 Å². The fourth-order valence-electron chi connectivity index (χ4n) is 2.85. The van der Waals surface area contributed by atoms with Crippen molar-refractivity contribution in [2.24, 2.45) is 0 Å². The van der Waals surface area contributed by atoms with Crippen LogP contribution in [-0.4, -0.2) is 18.9 Å². The second-order valence-corrected chi connectivity index (χ2v) is 5.18. The lowest BCUT2D eigenvalue weighted by atomic mass is 9.85. The molecule has 0 atom stereocenters. The number of esters is 1. The first-order chi connectivity index (χ1) is 11.2. The van der Waals surface area contributed by atoms with Gasteiger partial charge < -0.3 is 4.74 Å². The van der Waals surface area contributed by atoms with Crippen molar-refractivity contribution < 1.29 is 14.3 Å². The summed E-state index contributed by atoms with van der Waals surface area (Å²) in [5.74, 6) is -0.115. The summed E-state index contributed by atoms with van der Waals surface area (Å²) >= 11 is 0. The fourth-order valence-corrected chi connectivity index (χ4v) is 2.85. The molecule has 0 saturated heterocycles. The maximum Gasteiger partial charge on any atom is 0.337 e. The monoisotopic (exact) mass is 310 g/mol. The molecule has 2 aromatic rings. The van der Waals surface area contributed by atoms with Crippen LogP contribution in [0.3, 0.4) is 0 Å². The highest BCUT2D eigenvalue weighted by Crippen LogP contribution is 2.31. The van der Waals surface area contributed by atoms with E-state index in [1.54, 1.807) is 12.1 Å². The van der Waals surface area contributed by atoms with Crippen molar-refractivity contribution >= 4 is 11.8 Å². The molecule has 3 nitrogen and oxygen atoms in total. The van der Waals surface area contributed by atoms with Crippen molar-refractivity contribution in [3.63, 3.8) is 0 Å². The standard InChI is InChI=1S/C18H16O3.C2H6/c1-21-18(20)13-10-8-12(9-11-13)14-4-2-6-16-15(14)5-3-7-17(16)19;1-2/h2,4,6,8-11H,3,5,7H2,1H3;1-2H3. The van der Waals surface area contributed by atoms with Crippen LogP contribution >= 0.6 is 0 Å². The zero-order valence-electron chi connectivity index (χ0n) is 13.9. The Kier molecular flexibility index (Phi) is 5.69. The highest BCUT2D eigenvalue weighted by molar-refractivity contribution is 6.00. The van der Waals surface area contributed by atoms with E-state index >= 15 is 0 Å². The Morgan fingerprint density at radius 1 is 0.957 bits per heavy atom. The average molecular weight is 310 g/mol. The van der Waals surface area contributed by atoms with Gasteiger partial charge in [0.15, 0.2) is 5.78 Å². The summed E-state index contributed by atoms with van der Waals surface area (Å²) in [6.45, 7) is 4.00. The Morgan fingerprint density at radius 2 is 1.61 bits per heavy atom. The van der Waals surface area contributed by atoms with E-state index in [2.05, 4.69) is 0 Å². The Labute approximate surface area is 137 Å². The summed E-state index contributed by atoms with van der Waals surface area (Å²) in [5, 5.41) is 0. The van der Waals surface area contributed by atoms with E-state index in [0.717, 1.165) is 35.1 Å². The third kappa shape index (κ3) is 3.50. The molecule has 0 spiro atoms. The Balaban J connectivity index is 0.000000924. The van der Waals surface area contributed by atoms with Crippen LogP contribution in [0.4, 0.5) is 0 Å². The van der Waals surface area contributed by atoms with E-state index in [4.69, 9.17) is 4.74 Å². The van der Waals surface area contributed by atoms with Crippen LogP contribution in [0.15, 0.2) is 42.5 Å². The molecule has 0 aliphatic heterocycles. The third-order valence-electron chi connectivity index (χ3n) is 3.92. The summed E-state index contributed by atoms with van der Waals surface area (Å²) in [6, 6.07) is 13.2. The normalized spacial score (nSPS) is 12.7. The third-order valence-corrected chi connectivity index (χ3v) is 3.92. The molecule has 0 heterocycles. The minimum absolute atomic E-state index is 0.226. The van der Waals surface area contributed by atoms with Gasteiger partial charge in [-0.3, -0.25) is 4.79 Å². The van der Waals surface area contributed by atoms with E-state index in [1.165, 1.54) is 7.11 Å². The zero-order chi connectivity index (χ0) is 16.8. The van der Waals surface area contributed by atoms with E-state index < -0.39 is 0 Å². The summed E-state index contributed by atoms with van der Waals surface area (Å²) in [4.78, 5) is 23.5. The number of methoxy groups -OCH3 is 1. The predicted octanol–water partition coefficient (Wildman–Crippen LogP) is 4.69. The number of benzene rings is 2. The van der Waals surface area contributed by atoms with Crippen LogP contribution in [0.5, 0.6) is 0 Å². The molecule has 0 unspecified atom stereocenters. The highest BCUT2D eigenvalue weighted by atomic mass is 16.5. The van der Waals surface area contributed by atoms with Crippen LogP contribution < -0.4 is 0 Å². The largest absolute Gasteiger partial charge is 0.465 e. The molecule has 0 radical (unpaired) electrons. The number of carbonyl (C=O) groups is 2. The Bertz CT molecular complexity index is 699. The molecule has 1 aliphatic rings. The lowest BCUT2D eigenvalue weighted by Gasteiger charge is -2.18. The Hall–Kier alpha value is -2.42. The SMILES string of the molecule is CC.COC(=O)c1ccc(-c2cccc3c2CCCC3=O)cc1. The van der Waals surface area contributed by atoms with Crippen LogP contribution in [0, 0.1) is 0 Å². The van der Waals surface area contributed by atoms with Crippen molar-refractivity contribution in [2.75, 3.05) is 7.11 Å². The van der Waals surface area contributed by atoms with Gasteiger partial charge in [0.05, 0.1) is 12.7 Å². The molecular weight excluding hydrogens is 288 g/mol. The topological polar surface area (TPSA) is 43.4 Å². The molecule has 1 aliphatic carbocycles. The molecule has 0 saturated carbocycles. The number of fused-ring (bicyclic) bond motifs is 1. The molecule has 120 valence electrons. The number of hydrogen-bond acceptors (Lipinski definition) is 3. The molecule has 0 aromatic heterocycles. The molecule has 2 aromatic carbocycles.